The molecule has 0 aliphatic carbocycles. The zero-order chi connectivity index (χ0) is 21.4. The van der Waals surface area contributed by atoms with E-state index in [0.717, 1.165) is 0 Å². The van der Waals surface area contributed by atoms with Gasteiger partial charge in [0.05, 0.1) is 16.6 Å². The minimum absolute atomic E-state index is 0.0459. The van der Waals surface area contributed by atoms with Crippen LogP contribution < -0.4 is 16.0 Å². The van der Waals surface area contributed by atoms with Gasteiger partial charge in [0.25, 0.3) is 12.0 Å². The molecule has 0 unspecified atom stereocenters. The summed E-state index contributed by atoms with van der Waals surface area (Å²) in [6.07, 6.45) is -3.34. The number of H-pyrrole nitrogens is 2. The van der Waals surface area contributed by atoms with E-state index in [-0.39, 0.29) is 33.9 Å². The number of aryl methyl sites for hydroxylation is 2. The number of rotatable bonds is 5. The average Bonchev–Trinajstić information content (AvgIpc) is 3.01. The van der Waals surface area contributed by atoms with Crippen molar-refractivity contribution in [1.29, 1.82) is 0 Å². The van der Waals surface area contributed by atoms with Crippen LogP contribution in [0.5, 0.6) is 5.88 Å². The van der Waals surface area contributed by atoms with Gasteiger partial charge in [-0.05, 0) is 25.1 Å². The number of nitrogens with one attached hydrogen (secondary N) is 2. The Morgan fingerprint density at radius 2 is 2.00 bits per heavy atom. The van der Waals surface area contributed by atoms with Crippen molar-refractivity contribution in [2.24, 2.45) is 7.05 Å². The number of ether oxygens (including phenoxy) is 1. The first-order valence-corrected chi connectivity index (χ1v) is 8.74. The van der Waals surface area contributed by atoms with Crippen LogP contribution in [0.25, 0.3) is 22.3 Å². The van der Waals surface area contributed by atoms with Gasteiger partial charge in [-0.3, -0.25) is 14.8 Å². The number of aromatic amines is 2. The van der Waals surface area contributed by atoms with E-state index in [1.165, 1.54) is 23.0 Å². The fourth-order valence-electron chi connectivity index (χ4n) is 2.92. The third kappa shape index (κ3) is 3.54. The first kappa shape index (κ1) is 19.4. The Hall–Kier alpha value is -3.96. The Morgan fingerprint density at radius 1 is 1.20 bits per heavy atom. The molecule has 2 N–H and O–H groups in total. The van der Waals surface area contributed by atoms with Gasteiger partial charge in [0, 0.05) is 18.9 Å². The monoisotopic (exact) mass is 415 g/mol. The topological polar surface area (TPSA) is 131 Å². The Labute approximate surface area is 166 Å². The molecule has 0 radical (unpaired) electrons. The maximum Gasteiger partial charge on any atom is 0.325 e. The first-order valence-electron chi connectivity index (χ1n) is 8.74. The Balaban J connectivity index is 1.80. The van der Waals surface area contributed by atoms with E-state index in [9.17, 15) is 18.4 Å². The normalized spacial score (nSPS) is 12.4. The summed E-state index contributed by atoms with van der Waals surface area (Å²) >= 11 is 0. The molecule has 0 aliphatic rings. The molecule has 10 nitrogen and oxygen atoms in total. The summed E-state index contributed by atoms with van der Waals surface area (Å²) in [4.78, 5) is 31.8. The van der Waals surface area contributed by atoms with Crippen LogP contribution in [0.4, 0.5) is 8.78 Å². The molecule has 0 fully saturated rings. The molecule has 1 atom stereocenters. The summed E-state index contributed by atoms with van der Waals surface area (Å²) in [5.41, 5.74) is -0.299. The Kier molecular flexibility index (Phi) is 4.82. The number of alkyl halides is 2. The number of nitrogens with zero attached hydrogens (tertiary/aromatic N) is 5. The highest BCUT2D eigenvalue weighted by Gasteiger charge is 2.28. The zero-order valence-electron chi connectivity index (χ0n) is 15.8. The van der Waals surface area contributed by atoms with E-state index in [2.05, 4.69) is 30.2 Å². The van der Waals surface area contributed by atoms with Crippen LogP contribution in [0.3, 0.4) is 0 Å². The SMILES string of the molecule is Cc1cccc([C@@H](Oc2nn(C)c3nnc(-c4c[nH]c(=O)[nH]c4=O)cc23)C(F)F)n1. The minimum atomic E-state index is -2.87. The second kappa shape index (κ2) is 7.46. The van der Waals surface area contributed by atoms with Crippen LogP contribution in [-0.2, 0) is 7.05 Å². The van der Waals surface area contributed by atoms with E-state index < -0.39 is 23.8 Å². The second-order valence-electron chi connectivity index (χ2n) is 6.46. The molecule has 4 rings (SSSR count). The Bertz CT molecular complexity index is 1350. The van der Waals surface area contributed by atoms with E-state index in [1.807, 2.05) is 0 Å². The lowest BCUT2D eigenvalue weighted by Gasteiger charge is -2.16. The summed E-state index contributed by atoms with van der Waals surface area (Å²) in [6, 6.07) is 6.17. The fraction of sp³-hybridized carbons (Fsp3) is 0.222. The molecule has 0 aromatic carbocycles. The second-order valence-corrected chi connectivity index (χ2v) is 6.46. The highest BCUT2D eigenvalue weighted by atomic mass is 19.3. The predicted octanol–water partition coefficient (Wildman–Crippen LogP) is 1.50. The van der Waals surface area contributed by atoms with Gasteiger partial charge in [-0.25, -0.2) is 18.3 Å². The third-order valence-electron chi connectivity index (χ3n) is 4.32. The van der Waals surface area contributed by atoms with Crippen LogP contribution in [0.15, 0.2) is 40.1 Å². The minimum Gasteiger partial charge on any atom is -0.460 e. The maximum absolute atomic E-state index is 13.7. The maximum atomic E-state index is 13.7. The van der Waals surface area contributed by atoms with Crippen molar-refractivity contribution in [3.8, 4) is 17.1 Å². The quantitative estimate of drug-likeness (QED) is 0.505. The molecule has 0 saturated carbocycles. The number of pyridine rings is 1. The largest absolute Gasteiger partial charge is 0.460 e. The standard InChI is InChI=1S/C18H15F2N7O3/c1-8-4-3-5-11(22-8)13(14(19)20)30-17-9-6-12(24-25-15(9)27(2)26-17)10-7-21-18(29)23-16(10)28/h3-7,13-14H,1-2H3,(H2,21,23,28,29)/t13-/m1/s1. The molecular weight excluding hydrogens is 400 g/mol. The lowest BCUT2D eigenvalue weighted by Crippen LogP contribution is -2.22. The number of halogens is 2. The summed E-state index contributed by atoms with van der Waals surface area (Å²) < 4.78 is 34.3. The lowest BCUT2D eigenvalue weighted by atomic mass is 10.2. The van der Waals surface area contributed by atoms with Gasteiger partial charge in [-0.15, -0.1) is 15.3 Å². The van der Waals surface area contributed by atoms with Crippen molar-refractivity contribution in [2.75, 3.05) is 0 Å². The third-order valence-corrected chi connectivity index (χ3v) is 4.32. The molecule has 30 heavy (non-hydrogen) atoms. The summed E-state index contributed by atoms with van der Waals surface area (Å²) in [5, 5.41) is 12.3. The molecular formula is C18H15F2N7O3. The van der Waals surface area contributed by atoms with Crippen molar-refractivity contribution >= 4 is 11.0 Å². The molecule has 0 spiro atoms. The van der Waals surface area contributed by atoms with Gasteiger partial charge >= 0.3 is 5.69 Å². The fourth-order valence-corrected chi connectivity index (χ4v) is 2.92. The molecule has 154 valence electrons. The van der Waals surface area contributed by atoms with E-state index in [1.54, 1.807) is 26.1 Å². The predicted molar refractivity (Wildman–Crippen MR) is 101 cm³/mol. The molecule has 4 aromatic rings. The molecule has 4 aromatic heterocycles. The summed E-state index contributed by atoms with van der Waals surface area (Å²) in [6.45, 7) is 1.69. The van der Waals surface area contributed by atoms with Crippen molar-refractivity contribution in [1.82, 2.24) is 34.9 Å². The highest BCUT2D eigenvalue weighted by Crippen LogP contribution is 2.31. The van der Waals surface area contributed by atoms with Crippen LogP contribution in [-0.4, -0.2) is 41.4 Å². The lowest BCUT2D eigenvalue weighted by molar-refractivity contribution is 0.00605. The molecule has 0 bridgehead atoms. The van der Waals surface area contributed by atoms with Crippen LogP contribution in [0.2, 0.25) is 0 Å². The molecule has 0 aliphatic heterocycles. The van der Waals surface area contributed by atoms with Crippen molar-refractivity contribution in [2.45, 2.75) is 19.5 Å². The van der Waals surface area contributed by atoms with Gasteiger partial charge in [0.15, 0.2) is 5.65 Å². The van der Waals surface area contributed by atoms with Gasteiger partial charge in [-0.1, -0.05) is 6.07 Å². The smallest absolute Gasteiger partial charge is 0.325 e. The molecule has 0 amide bonds. The summed E-state index contributed by atoms with van der Waals surface area (Å²) in [5.74, 6) is -0.113. The Morgan fingerprint density at radius 3 is 2.70 bits per heavy atom. The van der Waals surface area contributed by atoms with E-state index in [0.29, 0.717) is 5.69 Å². The van der Waals surface area contributed by atoms with E-state index >= 15 is 0 Å². The van der Waals surface area contributed by atoms with Crippen LogP contribution in [0, 0.1) is 6.92 Å². The number of aromatic nitrogens is 7. The molecule has 12 heteroatoms. The van der Waals surface area contributed by atoms with Crippen LogP contribution >= 0.6 is 0 Å². The average molecular weight is 415 g/mol. The van der Waals surface area contributed by atoms with E-state index in [4.69, 9.17) is 4.74 Å². The summed E-state index contributed by atoms with van der Waals surface area (Å²) in [7, 11) is 1.55. The first-order chi connectivity index (χ1) is 14.3. The van der Waals surface area contributed by atoms with Crippen LogP contribution in [0.1, 0.15) is 17.5 Å². The van der Waals surface area contributed by atoms with Gasteiger partial charge in [0.2, 0.25) is 12.0 Å². The van der Waals surface area contributed by atoms with Gasteiger partial charge in [-0.2, -0.15) is 0 Å². The number of hydrogen-bond acceptors (Lipinski definition) is 7. The number of fused-ring (bicyclic) bond motifs is 1. The molecule has 0 saturated heterocycles. The van der Waals surface area contributed by atoms with Crippen molar-refractivity contribution in [3.63, 3.8) is 0 Å². The van der Waals surface area contributed by atoms with Gasteiger partial charge < -0.3 is 9.72 Å². The van der Waals surface area contributed by atoms with Gasteiger partial charge in [0.1, 0.15) is 5.69 Å². The van der Waals surface area contributed by atoms with Crippen molar-refractivity contribution < 1.29 is 13.5 Å². The van der Waals surface area contributed by atoms with Crippen molar-refractivity contribution in [3.05, 3.63) is 62.7 Å². The highest BCUT2D eigenvalue weighted by molar-refractivity contribution is 5.84. The zero-order valence-corrected chi connectivity index (χ0v) is 15.8. The molecule has 4 heterocycles. The number of hydrogen-bond donors (Lipinski definition) is 2.